The van der Waals surface area contributed by atoms with E-state index in [1.807, 2.05) is 0 Å². The van der Waals surface area contributed by atoms with Crippen LogP contribution in [0.5, 0.6) is 0 Å². The zero-order chi connectivity index (χ0) is 31.7. The van der Waals surface area contributed by atoms with Crippen LogP contribution in [0.2, 0.25) is 0 Å². The quantitative estimate of drug-likeness (QED) is 0.347. The van der Waals surface area contributed by atoms with Crippen molar-refractivity contribution in [2.75, 3.05) is 33.5 Å². The van der Waals surface area contributed by atoms with Gasteiger partial charge >= 0.3 is 6.09 Å². The van der Waals surface area contributed by atoms with Crippen LogP contribution in [0.25, 0.3) is 11.4 Å². The Balaban J connectivity index is 1.81. The van der Waals surface area contributed by atoms with Gasteiger partial charge in [0.15, 0.2) is 6.10 Å². The Morgan fingerprint density at radius 2 is 1.86 bits per heavy atom. The highest BCUT2D eigenvalue weighted by Crippen LogP contribution is 2.33. The van der Waals surface area contributed by atoms with Crippen LogP contribution in [0.1, 0.15) is 62.9 Å². The number of hydrogen-bond acceptors (Lipinski definition) is 5. The highest BCUT2D eigenvalue weighted by molar-refractivity contribution is 5.95. The Kier molecular flexibility index (Phi) is 11.7. The summed E-state index contributed by atoms with van der Waals surface area (Å²) in [5.74, 6) is -0.788. The predicted molar refractivity (Wildman–Crippen MR) is 166 cm³/mol. The number of fused-ring (bicyclic) bond motifs is 1. The summed E-state index contributed by atoms with van der Waals surface area (Å²) in [6, 6.07) is 4.82. The maximum Gasteiger partial charge on any atom is 0.410 e. The largest absolute Gasteiger partial charge is 0.436 e. The molecule has 3 amide bonds. The third kappa shape index (κ3) is 9.29. The summed E-state index contributed by atoms with van der Waals surface area (Å²) >= 11 is 0. The van der Waals surface area contributed by atoms with Gasteiger partial charge in [0.05, 0.1) is 12.2 Å². The molecule has 10 nitrogen and oxygen atoms in total. The fourth-order valence-electron chi connectivity index (χ4n) is 4.55. The van der Waals surface area contributed by atoms with Crippen LogP contribution in [0.4, 0.5) is 14.9 Å². The molecule has 0 spiro atoms. The van der Waals surface area contributed by atoms with E-state index in [-0.39, 0.29) is 36.8 Å². The maximum absolute atomic E-state index is 15.0. The van der Waals surface area contributed by atoms with Crippen molar-refractivity contribution in [3.63, 3.8) is 0 Å². The number of ether oxygens (including phenoxy) is 1. The van der Waals surface area contributed by atoms with E-state index in [1.54, 1.807) is 44.6 Å². The Labute approximate surface area is 251 Å². The van der Waals surface area contributed by atoms with E-state index in [2.05, 4.69) is 30.2 Å². The lowest BCUT2D eigenvalue weighted by molar-refractivity contribution is -0.125. The molecule has 0 aliphatic heterocycles. The lowest BCUT2D eigenvalue weighted by atomic mass is 9.95. The molecule has 0 aromatic carbocycles. The van der Waals surface area contributed by atoms with Gasteiger partial charge in [0.1, 0.15) is 11.5 Å². The van der Waals surface area contributed by atoms with Gasteiger partial charge in [-0.1, -0.05) is 26.0 Å². The van der Waals surface area contributed by atoms with Crippen LogP contribution in [-0.2, 0) is 20.9 Å². The van der Waals surface area contributed by atoms with Crippen molar-refractivity contribution >= 4 is 35.0 Å². The second kappa shape index (κ2) is 15.2. The van der Waals surface area contributed by atoms with E-state index in [1.165, 1.54) is 40.6 Å². The normalized spacial score (nSPS) is 16.3. The Morgan fingerprint density at radius 3 is 2.53 bits per heavy atom. The summed E-state index contributed by atoms with van der Waals surface area (Å²) in [5.41, 5.74) is 2.43. The summed E-state index contributed by atoms with van der Waals surface area (Å²) in [4.78, 5) is 56.5. The molecule has 2 N–H and O–H groups in total. The molecule has 0 saturated carbocycles. The second-order valence-electron chi connectivity index (χ2n) is 11.4. The van der Waals surface area contributed by atoms with Crippen LogP contribution in [0, 0.1) is 5.92 Å². The number of aromatic amines is 1. The molecule has 0 fully saturated rings. The summed E-state index contributed by atoms with van der Waals surface area (Å²) in [6.45, 7) is 4.36. The number of rotatable bonds is 11. The van der Waals surface area contributed by atoms with Gasteiger partial charge in [-0.2, -0.15) is 0 Å². The third-order valence-corrected chi connectivity index (χ3v) is 6.78. The predicted octanol–water partition coefficient (Wildman–Crippen LogP) is 5.19. The van der Waals surface area contributed by atoms with E-state index >= 15 is 4.39 Å². The first kappa shape index (κ1) is 33.1. The lowest BCUT2D eigenvalue weighted by Crippen LogP contribution is -2.37. The van der Waals surface area contributed by atoms with Crippen molar-refractivity contribution in [3.05, 3.63) is 76.0 Å². The van der Waals surface area contributed by atoms with Gasteiger partial charge in [0, 0.05) is 45.6 Å². The summed E-state index contributed by atoms with van der Waals surface area (Å²) in [7, 11) is 6.23. The maximum atomic E-state index is 15.0. The number of carbonyl (C=O) groups excluding carboxylic acids is 3. The molecule has 232 valence electrons. The second-order valence-corrected chi connectivity index (χ2v) is 11.4. The molecule has 0 radical (unpaired) electrons. The molecular formula is C32H42FN5O5. The number of H-pyrrole nitrogens is 1. The molecule has 11 heteroatoms. The number of nitrogens with one attached hydrogen (secondary N) is 2. The molecule has 0 bridgehead atoms. The van der Waals surface area contributed by atoms with Crippen LogP contribution >= 0.6 is 0 Å². The molecule has 3 rings (SSSR count). The number of pyridine rings is 1. The van der Waals surface area contributed by atoms with E-state index in [0.29, 0.717) is 23.6 Å². The molecule has 43 heavy (non-hydrogen) atoms. The molecule has 0 unspecified atom stereocenters. The summed E-state index contributed by atoms with van der Waals surface area (Å²) in [5, 5.41) is 2.59. The first-order chi connectivity index (χ1) is 20.4. The fraction of sp³-hybridized carbons (Fsp3) is 0.438. The molecule has 1 aliphatic carbocycles. The fourth-order valence-corrected chi connectivity index (χ4v) is 4.55. The molecule has 2 aromatic heterocycles. The topological polar surface area (TPSA) is 117 Å². The number of allylic oxidation sites excluding steroid dienone is 4. The number of amides is 3. The first-order valence-electron chi connectivity index (χ1n) is 14.4. The number of nitrogens with zero attached hydrogens (tertiary/aromatic N) is 3. The van der Waals surface area contributed by atoms with Crippen LogP contribution in [-0.4, -0.2) is 71.6 Å². The standard InChI is InChI=1S/C32H42FN5O5/c1-21(2)18-22-12-7-8-13-25(33)24-19-23(34-29(22)24)20-38-17-11-14-26(31(38)41)35-30(40)27(43-32(42)37(5)6)15-9-10-16-28(39)36(3)4/h10-14,16-17,19,21,27,34H,7-9,15,18,20H2,1-6H3,(H,35,40)/b16-10+,22-12-,25-13+/t27-/m0/s1. The molecule has 2 heterocycles. The van der Waals surface area contributed by atoms with Crippen LogP contribution in [0.3, 0.4) is 0 Å². The van der Waals surface area contributed by atoms with Gasteiger partial charge < -0.3 is 29.4 Å². The first-order valence-corrected chi connectivity index (χ1v) is 14.4. The number of hydrogen-bond donors (Lipinski definition) is 2. The average molecular weight is 596 g/mol. The third-order valence-electron chi connectivity index (χ3n) is 6.78. The van der Waals surface area contributed by atoms with Crippen LogP contribution < -0.4 is 10.9 Å². The number of halogens is 1. The Hall–Kier alpha value is -4.41. The minimum absolute atomic E-state index is 0.00752. The van der Waals surface area contributed by atoms with E-state index in [0.717, 1.165) is 24.1 Å². The SMILES string of the molecule is CC(C)C/C1=C/CC/C=C(/F)c2cc(Cn3cccc(NC(=O)[C@H](CC/C=C/C(=O)N(C)C)OC(=O)N(C)C)c3=O)[nH]c21. The lowest BCUT2D eigenvalue weighted by Gasteiger charge is -2.19. The highest BCUT2D eigenvalue weighted by Gasteiger charge is 2.25. The zero-order valence-electron chi connectivity index (χ0n) is 25.8. The summed E-state index contributed by atoms with van der Waals surface area (Å²) < 4.78 is 21.8. The molecule has 1 atom stereocenters. The summed E-state index contributed by atoms with van der Waals surface area (Å²) in [6.07, 6.45) is 8.91. The average Bonchev–Trinajstić information content (AvgIpc) is 3.36. The monoisotopic (exact) mass is 595 g/mol. The van der Waals surface area contributed by atoms with Gasteiger partial charge in [-0.25, -0.2) is 9.18 Å². The minimum atomic E-state index is -1.20. The van der Waals surface area contributed by atoms with Crippen molar-refractivity contribution in [3.8, 4) is 0 Å². The van der Waals surface area contributed by atoms with Crippen molar-refractivity contribution in [2.24, 2.45) is 5.92 Å². The number of carbonyl (C=O) groups is 3. The van der Waals surface area contributed by atoms with Crippen molar-refractivity contribution in [1.82, 2.24) is 19.4 Å². The van der Waals surface area contributed by atoms with Gasteiger partial charge in [0.2, 0.25) is 5.91 Å². The van der Waals surface area contributed by atoms with Crippen molar-refractivity contribution < 1.29 is 23.5 Å². The van der Waals surface area contributed by atoms with Gasteiger partial charge in [-0.05, 0) is 73.9 Å². The number of likely N-dealkylation sites (N-methyl/N-ethyl adjacent to an activating group) is 1. The molecular weight excluding hydrogens is 553 g/mol. The molecule has 1 aliphatic rings. The minimum Gasteiger partial charge on any atom is -0.436 e. The number of aromatic nitrogens is 2. The van der Waals surface area contributed by atoms with Crippen molar-refractivity contribution in [1.29, 1.82) is 0 Å². The number of anilines is 1. The van der Waals surface area contributed by atoms with E-state index < -0.39 is 23.7 Å². The zero-order valence-corrected chi connectivity index (χ0v) is 25.8. The molecule has 0 saturated heterocycles. The van der Waals surface area contributed by atoms with Gasteiger partial charge in [0.25, 0.3) is 11.5 Å². The Bertz CT molecular complexity index is 1460. The van der Waals surface area contributed by atoms with Crippen LogP contribution in [0.15, 0.2) is 53.5 Å². The molecule has 2 aromatic rings. The smallest absolute Gasteiger partial charge is 0.410 e. The van der Waals surface area contributed by atoms with Gasteiger partial charge in [-0.3, -0.25) is 14.4 Å². The highest BCUT2D eigenvalue weighted by atomic mass is 19.1. The Morgan fingerprint density at radius 1 is 1.14 bits per heavy atom. The van der Waals surface area contributed by atoms with E-state index in [4.69, 9.17) is 4.74 Å². The van der Waals surface area contributed by atoms with Crippen molar-refractivity contribution in [2.45, 2.75) is 58.6 Å². The van der Waals surface area contributed by atoms with E-state index in [9.17, 15) is 19.2 Å². The van der Waals surface area contributed by atoms with Gasteiger partial charge in [-0.15, -0.1) is 0 Å².